The van der Waals surface area contributed by atoms with Crippen molar-refractivity contribution < 1.29 is 4.79 Å². The van der Waals surface area contributed by atoms with Gasteiger partial charge >= 0.3 is 0 Å². The van der Waals surface area contributed by atoms with Crippen LogP contribution in [0.25, 0.3) is 6.08 Å². The molecule has 0 aliphatic rings. The van der Waals surface area contributed by atoms with E-state index in [4.69, 9.17) is 0 Å². The second-order valence-electron chi connectivity index (χ2n) is 5.36. The van der Waals surface area contributed by atoms with Gasteiger partial charge in [0.1, 0.15) is 0 Å². The maximum absolute atomic E-state index is 11.8. The van der Waals surface area contributed by atoms with Crippen molar-refractivity contribution in [2.45, 2.75) is 13.1 Å². The number of pyridine rings is 1. The minimum Gasteiger partial charge on any atom is -0.348 e. The number of hydrogen-bond acceptors (Lipinski definition) is 3. The van der Waals surface area contributed by atoms with Crippen LogP contribution in [0.2, 0.25) is 0 Å². The molecule has 2 heterocycles. The number of aromatic nitrogens is 3. The number of amides is 1. The second-order valence-corrected chi connectivity index (χ2v) is 5.36. The SMILES string of the molecule is O=C(/C=C/c1ccccn1)NCc1ccc(Cn2ccnc2)cc1. The summed E-state index contributed by atoms with van der Waals surface area (Å²) in [5.74, 6) is -0.136. The average Bonchev–Trinajstić information content (AvgIpc) is 3.13. The summed E-state index contributed by atoms with van der Waals surface area (Å²) in [6.45, 7) is 1.29. The van der Waals surface area contributed by atoms with Gasteiger partial charge in [0.25, 0.3) is 0 Å². The Hall–Kier alpha value is -3.21. The van der Waals surface area contributed by atoms with E-state index in [9.17, 15) is 4.79 Å². The Balaban J connectivity index is 1.49. The fraction of sp³-hybridized carbons (Fsp3) is 0.105. The van der Waals surface area contributed by atoms with Crippen LogP contribution in [-0.4, -0.2) is 20.4 Å². The number of imidazole rings is 1. The molecular formula is C19H18N4O. The molecule has 120 valence electrons. The van der Waals surface area contributed by atoms with Crippen molar-refractivity contribution >= 4 is 12.0 Å². The molecule has 0 fully saturated rings. The Morgan fingerprint density at radius 1 is 1.08 bits per heavy atom. The summed E-state index contributed by atoms with van der Waals surface area (Å²) in [5, 5.41) is 2.87. The van der Waals surface area contributed by atoms with Crippen molar-refractivity contribution in [3.8, 4) is 0 Å². The summed E-state index contributed by atoms with van der Waals surface area (Å²) >= 11 is 0. The van der Waals surface area contributed by atoms with E-state index in [1.165, 1.54) is 11.6 Å². The van der Waals surface area contributed by atoms with Crippen molar-refractivity contribution in [3.63, 3.8) is 0 Å². The topological polar surface area (TPSA) is 59.8 Å². The predicted molar refractivity (Wildman–Crippen MR) is 92.9 cm³/mol. The van der Waals surface area contributed by atoms with E-state index >= 15 is 0 Å². The van der Waals surface area contributed by atoms with Gasteiger partial charge in [-0.25, -0.2) is 4.98 Å². The first-order valence-electron chi connectivity index (χ1n) is 7.70. The lowest BCUT2D eigenvalue weighted by Gasteiger charge is -2.06. The molecule has 1 aromatic carbocycles. The first-order valence-corrected chi connectivity index (χ1v) is 7.70. The van der Waals surface area contributed by atoms with Crippen molar-refractivity contribution in [2.24, 2.45) is 0 Å². The second kappa shape index (κ2) is 7.87. The number of carbonyl (C=O) groups excluding carboxylic acids is 1. The van der Waals surface area contributed by atoms with Gasteiger partial charge in [-0.15, -0.1) is 0 Å². The van der Waals surface area contributed by atoms with Crippen LogP contribution in [0, 0.1) is 0 Å². The van der Waals surface area contributed by atoms with Gasteiger partial charge in [-0.05, 0) is 29.3 Å². The Morgan fingerprint density at radius 3 is 2.62 bits per heavy atom. The molecule has 1 N–H and O–H groups in total. The fourth-order valence-electron chi connectivity index (χ4n) is 2.24. The zero-order valence-corrected chi connectivity index (χ0v) is 13.2. The van der Waals surface area contributed by atoms with Gasteiger partial charge in [0.2, 0.25) is 5.91 Å². The van der Waals surface area contributed by atoms with Crippen LogP contribution in [0.4, 0.5) is 0 Å². The lowest BCUT2D eigenvalue weighted by Crippen LogP contribution is -2.20. The first-order chi connectivity index (χ1) is 11.8. The highest BCUT2D eigenvalue weighted by Crippen LogP contribution is 2.06. The van der Waals surface area contributed by atoms with E-state index in [1.807, 2.05) is 41.1 Å². The van der Waals surface area contributed by atoms with Gasteiger partial charge in [0.15, 0.2) is 0 Å². The molecule has 0 aliphatic heterocycles. The van der Waals surface area contributed by atoms with Crippen LogP contribution in [0.5, 0.6) is 0 Å². The van der Waals surface area contributed by atoms with Crippen LogP contribution in [0.3, 0.4) is 0 Å². The van der Waals surface area contributed by atoms with Crippen molar-refractivity contribution in [1.82, 2.24) is 19.9 Å². The lowest BCUT2D eigenvalue weighted by molar-refractivity contribution is -0.116. The van der Waals surface area contributed by atoms with Gasteiger partial charge in [-0.2, -0.15) is 0 Å². The maximum Gasteiger partial charge on any atom is 0.244 e. The third-order valence-electron chi connectivity index (χ3n) is 3.51. The summed E-state index contributed by atoms with van der Waals surface area (Å²) in [6, 6.07) is 13.7. The van der Waals surface area contributed by atoms with Gasteiger partial charge < -0.3 is 9.88 Å². The fourth-order valence-corrected chi connectivity index (χ4v) is 2.24. The molecule has 1 amide bonds. The smallest absolute Gasteiger partial charge is 0.244 e. The summed E-state index contributed by atoms with van der Waals surface area (Å²) in [4.78, 5) is 20.0. The third kappa shape index (κ3) is 4.64. The van der Waals surface area contributed by atoms with E-state index in [0.29, 0.717) is 6.54 Å². The zero-order chi connectivity index (χ0) is 16.6. The molecule has 3 rings (SSSR count). The third-order valence-corrected chi connectivity index (χ3v) is 3.51. The van der Waals surface area contributed by atoms with E-state index < -0.39 is 0 Å². The predicted octanol–water partition coefficient (Wildman–Crippen LogP) is 2.66. The van der Waals surface area contributed by atoms with Crippen molar-refractivity contribution in [2.75, 3.05) is 0 Å². The molecular weight excluding hydrogens is 300 g/mol. The number of hydrogen-bond donors (Lipinski definition) is 1. The van der Waals surface area contributed by atoms with E-state index in [2.05, 4.69) is 27.4 Å². The summed E-state index contributed by atoms with van der Waals surface area (Å²) in [5.41, 5.74) is 3.01. The molecule has 0 saturated heterocycles. The lowest BCUT2D eigenvalue weighted by atomic mass is 10.1. The highest BCUT2D eigenvalue weighted by atomic mass is 16.1. The highest BCUT2D eigenvalue weighted by Gasteiger charge is 1.99. The number of rotatable bonds is 6. The van der Waals surface area contributed by atoms with Gasteiger partial charge in [-0.1, -0.05) is 30.3 Å². The first kappa shape index (κ1) is 15.7. The molecule has 0 bridgehead atoms. The Morgan fingerprint density at radius 2 is 1.92 bits per heavy atom. The van der Waals surface area contributed by atoms with Crippen LogP contribution < -0.4 is 5.32 Å². The maximum atomic E-state index is 11.8. The molecule has 0 radical (unpaired) electrons. The van der Waals surface area contributed by atoms with Gasteiger partial charge in [0.05, 0.1) is 12.0 Å². The molecule has 2 aromatic heterocycles. The largest absolute Gasteiger partial charge is 0.348 e. The van der Waals surface area contributed by atoms with Crippen molar-refractivity contribution in [3.05, 3.63) is 90.3 Å². The van der Waals surface area contributed by atoms with Crippen LogP contribution >= 0.6 is 0 Å². The number of nitrogens with zero attached hydrogens (tertiary/aromatic N) is 3. The van der Waals surface area contributed by atoms with Crippen LogP contribution in [-0.2, 0) is 17.9 Å². The molecule has 5 heteroatoms. The van der Waals surface area contributed by atoms with E-state index in [1.54, 1.807) is 24.8 Å². The summed E-state index contributed by atoms with van der Waals surface area (Å²) in [7, 11) is 0. The average molecular weight is 318 g/mol. The monoisotopic (exact) mass is 318 g/mol. The molecule has 5 nitrogen and oxygen atoms in total. The molecule has 0 saturated carbocycles. The molecule has 0 aliphatic carbocycles. The Labute approximate surface area is 140 Å². The molecule has 0 atom stereocenters. The molecule has 0 spiro atoms. The minimum absolute atomic E-state index is 0.136. The minimum atomic E-state index is -0.136. The van der Waals surface area contributed by atoms with E-state index in [0.717, 1.165) is 17.8 Å². The van der Waals surface area contributed by atoms with Gasteiger partial charge in [0, 0.05) is 37.8 Å². The van der Waals surface area contributed by atoms with Gasteiger partial charge in [-0.3, -0.25) is 9.78 Å². The highest BCUT2D eigenvalue weighted by molar-refractivity contribution is 5.91. The standard InChI is InChI=1S/C19H18N4O/c24-19(9-8-18-3-1-2-10-21-18)22-13-16-4-6-17(7-5-16)14-23-12-11-20-15-23/h1-12,15H,13-14H2,(H,22,24)/b9-8+. The zero-order valence-electron chi connectivity index (χ0n) is 13.2. The van der Waals surface area contributed by atoms with Crippen LogP contribution in [0.1, 0.15) is 16.8 Å². The number of benzene rings is 1. The van der Waals surface area contributed by atoms with Crippen molar-refractivity contribution in [1.29, 1.82) is 0 Å². The summed E-state index contributed by atoms with van der Waals surface area (Å²) < 4.78 is 2.01. The summed E-state index contributed by atoms with van der Waals surface area (Å²) in [6.07, 6.45) is 10.4. The van der Waals surface area contributed by atoms with Crippen LogP contribution in [0.15, 0.2) is 73.5 Å². The number of nitrogens with one attached hydrogen (secondary N) is 1. The Kier molecular flexibility index (Phi) is 5.14. The molecule has 3 aromatic rings. The van der Waals surface area contributed by atoms with E-state index in [-0.39, 0.29) is 5.91 Å². The molecule has 0 unspecified atom stereocenters. The Bertz CT molecular complexity index is 793. The molecule has 24 heavy (non-hydrogen) atoms. The number of carbonyl (C=O) groups is 1. The normalized spacial score (nSPS) is 10.8. The quantitative estimate of drug-likeness (QED) is 0.711.